The highest BCUT2D eigenvalue weighted by Gasteiger charge is 1.80. The molecule has 0 aromatic rings. The lowest BCUT2D eigenvalue weighted by molar-refractivity contribution is -0.131. The number of carboxylic acid groups (broad SMARTS) is 1. The Morgan fingerprint density at radius 1 is 0.667 bits per heavy atom. The Hall–Kier alpha value is -2.35. The van der Waals surface area contributed by atoms with Gasteiger partial charge in [-0.05, 0) is 38.5 Å². The normalized spacial score (nSPS) is 13.4. The third-order valence-electron chi connectivity index (χ3n) is 2.93. The molecule has 1 N–H and O–H groups in total. The molecule has 0 amide bonds. The molecule has 0 bridgehead atoms. The van der Waals surface area contributed by atoms with E-state index in [0.717, 1.165) is 44.6 Å². The number of unbranched alkanes of at least 4 members (excludes halogenated alkanes) is 1. The SMILES string of the molecule is CC/C=C\C/C=C\C/C=C\C/C=C\CCC=CC=CC=CC(=O)O. The monoisotopic (exact) mass is 326 g/mol. The lowest BCUT2D eigenvalue weighted by Gasteiger charge is -1.86. The van der Waals surface area contributed by atoms with Crippen molar-refractivity contribution in [1.29, 1.82) is 0 Å². The van der Waals surface area contributed by atoms with Crippen molar-refractivity contribution >= 4 is 5.97 Å². The van der Waals surface area contributed by atoms with Crippen LogP contribution in [0.15, 0.2) is 85.1 Å². The molecule has 0 aromatic heterocycles. The van der Waals surface area contributed by atoms with Gasteiger partial charge in [-0.25, -0.2) is 4.79 Å². The van der Waals surface area contributed by atoms with Crippen LogP contribution in [-0.4, -0.2) is 11.1 Å². The molecule has 0 rings (SSSR count). The summed E-state index contributed by atoms with van der Waals surface area (Å²) in [6.45, 7) is 2.15. The van der Waals surface area contributed by atoms with Crippen molar-refractivity contribution in [2.45, 2.75) is 45.4 Å². The molecule has 2 heteroatoms. The number of hydrogen-bond donors (Lipinski definition) is 1. The number of allylic oxidation sites excluding steroid dienone is 13. The van der Waals surface area contributed by atoms with Crippen LogP contribution in [-0.2, 0) is 4.79 Å². The van der Waals surface area contributed by atoms with Crippen LogP contribution in [0.3, 0.4) is 0 Å². The van der Waals surface area contributed by atoms with Crippen LogP contribution >= 0.6 is 0 Å². The van der Waals surface area contributed by atoms with Crippen LogP contribution in [0.1, 0.15) is 45.4 Å². The van der Waals surface area contributed by atoms with Gasteiger partial charge in [-0.15, -0.1) is 0 Å². The highest BCUT2D eigenvalue weighted by atomic mass is 16.4. The summed E-state index contributed by atoms with van der Waals surface area (Å²) in [7, 11) is 0. The molecule has 2 nitrogen and oxygen atoms in total. The Morgan fingerprint density at radius 2 is 1.17 bits per heavy atom. The summed E-state index contributed by atoms with van der Waals surface area (Å²) in [6, 6.07) is 0. The minimum Gasteiger partial charge on any atom is -0.478 e. The number of hydrogen-bond acceptors (Lipinski definition) is 1. The van der Waals surface area contributed by atoms with Gasteiger partial charge < -0.3 is 5.11 Å². The van der Waals surface area contributed by atoms with E-state index in [1.165, 1.54) is 6.08 Å². The molecule has 130 valence electrons. The zero-order chi connectivity index (χ0) is 17.7. The third-order valence-corrected chi connectivity index (χ3v) is 2.93. The van der Waals surface area contributed by atoms with Crippen molar-refractivity contribution in [3.63, 3.8) is 0 Å². The topological polar surface area (TPSA) is 37.3 Å². The lowest BCUT2D eigenvalue weighted by atomic mass is 10.2. The molecule has 0 aliphatic carbocycles. The largest absolute Gasteiger partial charge is 0.478 e. The van der Waals surface area contributed by atoms with Crippen LogP contribution in [0.2, 0.25) is 0 Å². The van der Waals surface area contributed by atoms with Crippen LogP contribution in [0.25, 0.3) is 0 Å². The van der Waals surface area contributed by atoms with E-state index in [1.54, 1.807) is 6.08 Å². The second kappa shape index (κ2) is 18.7. The number of aliphatic carboxylic acids is 1. The standard InChI is InChI=1S/C22H30O2/c1-2-3-4-5-6-7-8-9-10-11-12-13-14-15-16-17-18-19-20-21-22(23)24/h3-4,6-7,9-10,12-13,16-21H,2,5,8,11,14-15H2,1H3,(H,23,24)/b4-3-,7-6-,10-9-,13-12-,17-16?,19-18?,21-20?. The van der Waals surface area contributed by atoms with E-state index >= 15 is 0 Å². The number of carbonyl (C=O) groups is 1. The Labute approximate surface area is 147 Å². The molecule has 0 unspecified atom stereocenters. The number of carboxylic acids is 1. The predicted octanol–water partition coefficient (Wildman–Crippen LogP) is 6.32. The second-order valence-electron chi connectivity index (χ2n) is 5.09. The highest BCUT2D eigenvalue weighted by molar-refractivity contribution is 5.80. The lowest BCUT2D eigenvalue weighted by Crippen LogP contribution is -1.84. The molecule has 0 aliphatic rings. The molecule has 0 saturated heterocycles. The molecule has 0 heterocycles. The van der Waals surface area contributed by atoms with Crippen molar-refractivity contribution < 1.29 is 9.90 Å². The summed E-state index contributed by atoms with van der Waals surface area (Å²) < 4.78 is 0. The summed E-state index contributed by atoms with van der Waals surface area (Å²) in [5.41, 5.74) is 0. The molecule has 0 aromatic carbocycles. The van der Waals surface area contributed by atoms with Gasteiger partial charge in [0.25, 0.3) is 0 Å². The molecule has 0 saturated carbocycles. The van der Waals surface area contributed by atoms with Gasteiger partial charge in [-0.3, -0.25) is 0 Å². The maximum Gasteiger partial charge on any atom is 0.328 e. The van der Waals surface area contributed by atoms with E-state index in [2.05, 4.69) is 61.6 Å². The van der Waals surface area contributed by atoms with Crippen molar-refractivity contribution in [2.75, 3.05) is 0 Å². The van der Waals surface area contributed by atoms with Gasteiger partial charge in [0.05, 0.1) is 0 Å². The van der Waals surface area contributed by atoms with Crippen molar-refractivity contribution in [1.82, 2.24) is 0 Å². The molecule has 0 fully saturated rings. The maximum atomic E-state index is 10.2. The molecule has 24 heavy (non-hydrogen) atoms. The zero-order valence-corrected chi connectivity index (χ0v) is 14.7. The van der Waals surface area contributed by atoms with E-state index in [1.807, 2.05) is 12.2 Å². The van der Waals surface area contributed by atoms with E-state index < -0.39 is 5.97 Å². The average Bonchev–Trinajstić information content (AvgIpc) is 2.56. The molecular formula is C22H30O2. The van der Waals surface area contributed by atoms with E-state index in [9.17, 15) is 4.79 Å². The quantitative estimate of drug-likeness (QED) is 0.186. The van der Waals surface area contributed by atoms with Gasteiger partial charge in [-0.1, -0.05) is 85.9 Å². The van der Waals surface area contributed by atoms with E-state index in [0.29, 0.717) is 0 Å². The molecule has 0 aliphatic heterocycles. The van der Waals surface area contributed by atoms with E-state index in [-0.39, 0.29) is 0 Å². The van der Waals surface area contributed by atoms with Crippen molar-refractivity contribution in [3.8, 4) is 0 Å². The predicted molar refractivity (Wildman–Crippen MR) is 105 cm³/mol. The fourth-order valence-electron chi connectivity index (χ4n) is 1.73. The van der Waals surface area contributed by atoms with Crippen molar-refractivity contribution in [2.24, 2.45) is 0 Å². The van der Waals surface area contributed by atoms with Crippen molar-refractivity contribution in [3.05, 3.63) is 85.1 Å². The average molecular weight is 326 g/mol. The molecule has 0 spiro atoms. The summed E-state index contributed by atoms with van der Waals surface area (Å²) in [5, 5.41) is 8.40. The van der Waals surface area contributed by atoms with Gasteiger partial charge in [0, 0.05) is 6.08 Å². The fourth-order valence-corrected chi connectivity index (χ4v) is 1.73. The Kier molecular flexibility index (Phi) is 16.9. The van der Waals surface area contributed by atoms with Gasteiger partial charge in [0.2, 0.25) is 0 Å². The minimum absolute atomic E-state index is 0.928. The summed E-state index contributed by atoms with van der Waals surface area (Å²) in [4.78, 5) is 10.2. The Bertz CT molecular complexity index is 500. The molecular weight excluding hydrogens is 296 g/mol. The van der Waals surface area contributed by atoms with Gasteiger partial charge in [0.1, 0.15) is 0 Å². The first-order valence-corrected chi connectivity index (χ1v) is 8.60. The first kappa shape index (κ1) is 21.6. The van der Waals surface area contributed by atoms with Gasteiger partial charge in [0.15, 0.2) is 0 Å². The summed E-state index contributed by atoms with van der Waals surface area (Å²) in [5.74, 6) is -0.928. The minimum atomic E-state index is -0.928. The van der Waals surface area contributed by atoms with Crippen LogP contribution < -0.4 is 0 Å². The molecule has 0 radical (unpaired) electrons. The zero-order valence-electron chi connectivity index (χ0n) is 14.7. The highest BCUT2D eigenvalue weighted by Crippen LogP contribution is 1.97. The van der Waals surface area contributed by atoms with Crippen LogP contribution in [0, 0.1) is 0 Å². The third kappa shape index (κ3) is 19.7. The smallest absolute Gasteiger partial charge is 0.328 e. The number of rotatable bonds is 13. The Morgan fingerprint density at radius 3 is 1.75 bits per heavy atom. The van der Waals surface area contributed by atoms with Crippen LogP contribution in [0.5, 0.6) is 0 Å². The maximum absolute atomic E-state index is 10.2. The Balaban J connectivity index is 3.57. The van der Waals surface area contributed by atoms with E-state index in [4.69, 9.17) is 5.11 Å². The molecule has 0 atom stereocenters. The van der Waals surface area contributed by atoms with Gasteiger partial charge >= 0.3 is 5.97 Å². The fraction of sp³-hybridized carbons (Fsp3) is 0.318. The first-order chi connectivity index (χ1) is 11.8. The summed E-state index contributed by atoms with van der Waals surface area (Å²) >= 11 is 0. The van der Waals surface area contributed by atoms with Crippen LogP contribution in [0.4, 0.5) is 0 Å². The first-order valence-electron chi connectivity index (χ1n) is 8.60. The summed E-state index contributed by atoms with van der Waals surface area (Å²) in [6.07, 6.45) is 33.8. The second-order valence-corrected chi connectivity index (χ2v) is 5.09. The van der Waals surface area contributed by atoms with Gasteiger partial charge in [-0.2, -0.15) is 0 Å².